The van der Waals surface area contributed by atoms with Gasteiger partial charge in [-0.25, -0.2) is 0 Å². The molecule has 2 rings (SSSR count). The molecule has 1 unspecified atom stereocenters. The Bertz CT molecular complexity index is 441. The van der Waals surface area contributed by atoms with E-state index in [1.54, 1.807) is 0 Å². The average molecular weight is 256 g/mol. The Morgan fingerprint density at radius 1 is 1.32 bits per heavy atom. The lowest BCUT2D eigenvalue weighted by atomic mass is 10.0. The van der Waals surface area contributed by atoms with Crippen LogP contribution in [0.15, 0.2) is 43.5 Å². The molecule has 2 nitrogen and oxygen atoms in total. The molecular weight excluding hydrogens is 232 g/mol. The summed E-state index contributed by atoms with van der Waals surface area (Å²) in [6, 6.07) is 7.32. The van der Waals surface area contributed by atoms with Crippen LogP contribution in [0, 0.1) is 0 Å². The number of fused-ring (bicyclic) bond motifs is 1. The van der Waals surface area contributed by atoms with Crippen molar-refractivity contribution in [2.75, 3.05) is 25.0 Å². The van der Waals surface area contributed by atoms with E-state index in [2.05, 4.69) is 48.5 Å². The zero-order valence-electron chi connectivity index (χ0n) is 11.9. The maximum atomic E-state index is 3.84. The van der Waals surface area contributed by atoms with Crippen LogP contribution < -0.4 is 5.32 Å². The first-order chi connectivity index (χ1) is 9.24. The molecule has 1 aromatic carbocycles. The van der Waals surface area contributed by atoms with Gasteiger partial charge in [0.05, 0.1) is 0 Å². The Hall–Kier alpha value is -1.54. The largest absolute Gasteiger partial charge is 0.384 e. The lowest BCUT2D eigenvalue weighted by Gasteiger charge is -2.27. The summed E-state index contributed by atoms with van der Waals surface area (Å²) in [4.78, 5) is 2.39. The summed E-state index contributed by atoms with van der Waals surface area (Å²) in [6.07, 6.45) is 6.16. The first-order valence-electron chi connectivity index (χ1n) is 7.06. The Morgan fingerprint density at radius 3 is 2.74 bits per heavy atom. The van der Waals surface area contributed by atoms with Gasteiger partial charge in [0, 0.05) is 31.4 Å². The minimum atomic E-state index is 0.503. The van der Waals surface area contributed by atoms with E-state index in [1.807, 2.05) is 12.2 Å². The molecule has 19 heavy (non-hydrogen) atoms. The highest BCUT2D eigenvalue weighted by molar-refractivity contribution is 5.56. The van der Waals surface area contributed by atoms with Gasteiger partial charge in [0.15, 0.2) is 0 Å². The maximum Gasteiger partial charge on any atom is 0.0373 e. The van der Waals surface area contributed by atoms with Crippen molar-refractivity contribution in [3.05, 3.63) is 54.6 Å². The molecule has 0 saturated carbocycles. The van der Waals surface area contributed by atoms with Gasteiger partial charge in [-0.2, -0.15) is 0 Å². The van der Waals surface area contributed by atoms with Gasteiger partial charge >= 0.3 is 0 Å². The molecule has 102 valence electrons. The summed E-state index contributed by atoms with van der Waals surface area (Å²) in [5.41, 5.74) is 4.20. The molecule has 1 atom stereocenters. The molecule has 2 heteroatoms. The van der Waals surface area contributed by atoms with Crippen LogP contribution in [0.5, 0.6) is 0 Å². The Kier molecular flexibility index (Phi) is 4.80. The Labute approximate surface area is 116 Å². The summed E-state index contributed by atoms with van der Waals surface area (Å²) in [5, 5.41) is 3.41. The van der Waals surface area contributed by atoms with Crippen molar-refractivity contribution in [1.82, 2.24) is 4.90 Å². The van der Waals surface area contributed by atoms with Gasteiger partial charge in [-0.3, -0.25) is 4.90 Å². The molecule has 0 spiro atoms. The molecule has 1 aromatic rings. The summed E-state index contributed by atoms with van der Waals surface area (Å²) >= 11 is 0. The van der Waals surface area contributed by atoms with Crippen molar-refractivity contribution >= 4 is 5.69 Å². The fourth-order valence-corrected chi connectivity index (χ4v) is 2.72. The molecule has 0 saturated heterocycles. The van der Waals surface area contributed by atoms with Crippen molar-refractivity contribution in [2.45, 2.75) is 25.8 Å². The monoisotopic (exact) mass is 256 g/mol. The van der Waals surface area contributed by atoms with Gasteiger partial charge in [-0.1, -0.05) is 24.3 Å². The number of anilines is 1. The smallest absolute Gasteiger partial charge is 0.0373 e. The minimum absolute atomic E-state index is 0.503. The van der Waals surface area contributed by atoms with Crippen LogP contribution in [-0.4, -0.2) is 30.6 Å². The first-order valence-corrected chi connectivity index (χ1v) is 7.06. The fraction of sp³-hybridized carbons (Fsp3) is 0.412. The van der Waals surface area contributed by atoms with E-state index in [4.69, 9.17) is 0 Å². The predicted octanol–water partition coefficient (Wildman–Crippen LogP) is 3.26. The highest BCUT2D eigenvalue weighted by atomic mass is 15.1. The molecule has 0 amide bonds. The SMILES string of the molecule is C=CCN(CC=C)C(C)Cc1ccc2c(c1)CCN2. The molecule has 1 heterocycles. The summed E-state index contributed by atoms with van der Waals surface area (Å²) in [6.45, 7) is 12.9. The summed E-state index contributed by atoms with van der Waals surface area (Å²) < 4.78 is 0. The molecule has 0 aliphatic carbocycles. The molecule has 0 bridgehead atoms. The van der Waals surface area contributed by atoms with E-state index in [-0.39, 0.29) is 0 Å². The van der Waals surface area contributed by atoms with Crippen LogP contribution >= 0.6 is 0 Å². The molecule has 0 fully saturated rings. The lowest BCUT2D eigenvalue weighted by molar-refractivity contribution is 0.255. The van der Waals surface area contributed by atoms with E-state index in [1.165, 1.54) is 16.8 Å². The van der Waals surface area contributed by atoms with Gasteiger partial charge in [-0.05, 0) is 37.0 Å². The van der Waals surface area contributed by atoms with Crippen LogP contribution in [0.1, 0.15) is 18.1 Å². The van der Waals surface area contributed by atoms with Gasteiger partial charge in [0.25, 0.3) is 0 Å². The normalized spacial score (nSPS) is 14.8. The van der Waals surface area contributed by atoms with Crippen molar-refractivity contribution in [2.24, 2.45) is 0 Å². The molecule has 1 aliphatic rings. The number of rotatable bonds is 7. The van der Waals surface area contributed by atoms with Crippen molar-refractivity contribution in [3.8, 4) is 0 Å². The molecule has 1 N–H and O–H groups in total. The molecule has 0 aromatic heterocycles. The van der Waals surface area contributed by atoms with Crippen LogP contribution in [0.3, 0.4) is 0 Å². The Morgan fingerprint density at radius 2 is 2.05 bits per heavy atom. The van der Waals surface area contributed by atoms with Gasteiger partial charge < -0.3 is 5.32 Å². The van der Waals surface area contributed by atoms with Crippen LogP contribution in [0.4, 0.5) is 5.69 Å². The number of hydrogen-bond acceptors (Lipinski definition) is 2. The molecule has 0 radical (unpaired) electrons. The number of nitrogens with one attached hydrogen (secondary N) is 1. The second-order valence-electron chi connectivity index (χ2n) is 5.25. The summed E-state index contributed by atoms with van der Waals surface area (Å²) in [5.74, 6) is 0. The minimum Gasteiger partial charge on any atom is -0.384 e. The zero-order chi connectivity index (χ0) is 13.7. The standard InChI is InChI=1S/C17H24N2/c1-4-10-19(11-5-2)14(3)12-15-6-7-17-16(13-15)8-9-18-17/h4-7,13-14,18H,1-2,8-12H2,3H3. The van der Waals surface area contributed by atoms with Crippen molar-refractivity contribution < 1.29 is 0 Å². The second-order valence-corrected chi connectivity index (χ2v) is 5.25. The van der Waals surface area contributed by atoms with Gasteiger partial charge in [-0.15, -0.1) is 13.2 Å². The number of benzene rings is 1. The van der Waals surface area contributed by atoms with E-state index in [9.17, 15) is 0 Å². The first kappa shape index (κ1) is 13.9. The van der Waals surface area contributed by atoms with E-state index in [0.29, 0.717) is 6.04 Å². The van der Waals surface area contributed by atoms with Crippen molar-refractivity contribution in [3.63, 3.8) is 0 Å². The highest BCUT2D eigenvalue weighted by Gasteiger charge is 2.14. The van der Waals surface area contributed by atoms with Crippen LogP contribution in [0.2, 0.25) is 0 Å². The molecular formula is C17H24N2. The van der Waals surface area contributed by atoms with Crippen LogP contribution in [-0.2, 0) is 12.8 Å². The quantitative estimate of drug-likeness (QED) is 0.753. The van der Waals surface area contributed by atoms with E-state index >= 15 is 0 Å². The Balaban J connectivity index is 2.02. The zero-order valence-corrected chi connectivity index (χ0v) is 11.9. The maximum absolute atomic E-state index is 3.84. The third-order valence-electron chi connectivity index (χ3n) is 3.76. The number of nitrogens with zero attached hydrogens (tertiary/aromatic N) is 1. The predicted molar refractivity (Wildman–Crippen MR) is 83.8 cm³/mol. The third kappa shape index (κ3) is 3.48. The topological polar surface area (TPSA) is 15.3 Å². The lowest BCUT2D eigenvalue weighted by Crippen LogP contribution is -2.34. The second kappa shape index (κ2) is 6.58. The summed E-state index contributed by atoms with van der Waals surface area (Å²) in [7, 11) is 0. The van der Waals surface area contributed by atoms with Crippen molar-refractivity contribution in [1.29, 1.82) is 0 Å². The van der Waals surface area contributed by atoms with E-state index < -0.39 is 0 Å². The van der Waals surface area contributed by atoms with Gasteiger partial charge in [0.2, 0.25) is 0 Å². The van der Waals surface area contributed by atoms with E-state index in [0.717, 1.165) is 32.5 Å². The van der Waals surface area contributed by atoms with Crippen LogP contribution in [0.25, 0.3) is 0 Å². The number of hydrogen-bond donors (Lipinski definition) is 1. The molecule has 1 aliphatic heterocycles. The highest BCUT2D eigenvalue weighted by Crippen LogP contribution is 2.24. The fourth-order valence-electron chi connectivity index (χ4n) is 2.72. The van der Waals surface area contributed by atoms with Gasteiger partial charge in [0.1, 0.15) is 0 Å². The average Bonchev–Trinajstić information content (AvgIpc) is 2.86. The third-order valence-corrected chi connectivity index (χ3v) is 3.76.